The molecule has 30 heavy (non-hydrogen) atoms. The molecule has 0 radical (unpaired) electrons. The van der Waals surface area contributed by atoms with Crippen molar-refractivity contribution in [1.29, 1.82) is 0 Å². The van der Waals surface area contributed by atoms with E-state index < -0.39 is 72.3 Å². The van der Waals surface area contributed by atoms with Crippen LogP contribution in [0.2, 0.25) is 0 Å². The van der Waals surface area contributed by atoms with Gasteiger partial charge in [-0.2, -0.15) is 0 Å². The molecular formula is C18H30N4O8. The summed E-state index contributed by atoms with van der Waals surface area (Å²) in [7, 11) is 0. The Morgan fingerprint density at radius 3 is 2.17 bits per heavy atom. The summed E-state index contributed by atoms with van der Waals surface area (Å²) >= 11 is 0. The molecule has 1 rings (SSSR count). The summed E-state index contributed by atoms with van der Waals surface area (Å²) in [6.07, 6.45) is -1.25. The maximum absolute atomic E-state index is 12.9. The van der Waals surface area contributed by atoms with Crippen LogP contribution in [0, 0.1) is 5.92 Å². The van der Waals surface area contributed by atoms with Crippen LogP contribution in [0.3, 0.4) is 0 Å². The summed E-state index contributed by atoms with van der Waals surface area (Å²) in [5.41, 5.74) is 5.53. The summed E-state index contributed by atoms with van der Waals surface area (Å²) in [4.78, 5) is 61.3. The molecule has 12 heteroatoms. The standard InChI is InChI=1S/C18H30N4O8/c1-8(2)14(18(29)30)21-15(26)11-5-4-6-22(11)17(28)10(7-12(24)25)20-16(27)13(19)9(3)23/h8-11,13-14,23H,4-7,19H2,1-3H3,(H,20,27)(H,21,26)(H,24,25)(H,29,30). The number of nitrogens with one attached hydrogen (secondary N) is 2. The minimum Gasteiger partial charge on any atom is -0.481 e. The number of carbonyl (C=O) groups excluding carboxylic acids is 3. The van der Waals surface area contributed by atoms with Gasteiger partial charge >= 0.3 is 11.9 Å². The fourth-order valence-electron chi connectivity index (χ4n) is 3.13. The van der Waals surface area contributed by atoms with Crippen LogP contribution in [-0.4, -0.2) is 86.7 Å². The van der Waals surface area contributed by atoms with Crippen LogP contribution in [-0.2, 0) is 24.0 Å². The van der Waals surface area contributed by atoms with Gasteiger partial charge < -0.3 is 36.6 Å². The fraction of sp³-hybridized carbons (Fsp3) is 0.722. The second kappa shape index (κ2) is 10.9. The highest BCUT2D eigenvalue weighted by atomic mass is 16.4. The van der Waals surface area contributed by atoms with Gasteiger partial charge in [-0.15, -0.1) is 0 Å². The van der Waals surface area contributed by atoms with Crippen LogP contribution in [0.5, 0.6) is 0 Å². The van der Waals surface area contributed by atoms with E-state index in [1.165, 1.54) is 6.92 Å². The Kier molecular flexibility index (Phi) is 9.18. The number of amides is 3. The van der Waals surface area contributed by atoms with Gasteiger partial charge in [0.1, 0.15) is 24.2 Å². The van der Waals surface area contributed by atoms with Gasteiger partial charge in [0.05, 0.1) is 12.5 Å². The summed E-state index contributed by atoms with van der Waals surface area (Å²) < 4.78 is 0. The monoisotopic (exact) mass is 430 g/mol. The highest BCUT2D eigenvalue weighted by Crippen LogP contribution is 2.20. The molecular weight excluding hydrogens is 400 g/mol. The smallest absolute Gasteiger partial charge is 0.326 e. The third-order valence-electron chi connectivity index (χ3n) is 4.88. The molecule has 0 aliphatic carbocycles. The lowest BCUT2D eigenvalue weighted by molar-refractivity contribution is -0.147. The molecule has 1 saturated heterocycles. The zero-order chi connectivity index (χ0) is 23.2. The molecule has 1 aliphatic rings. The van der Waals surface area contributed by atoms with Gasteiger partial charge in [-0.05, 0) is 25.7 Å². The maximum atomic E-state index is 12.9. The second-order valence-corrected chi connectivity index (χ2v) is 7.68. The third kappa shape index (κ3) is 6.66. The van der Waals surface area contributed by atoms with Crippen molar-refractivity contribution in [3.63, 3.8) is 0 Å². The molecule has 0 spiro atoms. The van der Waals surface area contributed by atoms with Crippen LogP contribution >= 0.6 is 0 Å². The van der Waals surface area contributed by atoms with Crippen molar-refractivity contribution in [2.75, 3.05) is 6.54 Å². The summed E-state index contributed by atoms with van der Waals surface area (Å²) in [6.45, 7) is 4.67. The lowest BCUT2D eigenvalue weighted by Gasteiger charge is -2.30. The molecule has 0 aromatic heterocycles. The summed E-state index contributed by atoms with van der Waals surface area (Å²) in [5, 5.41) is 32.4. The molecule has 12 nitrogen and oxygen atoms in total. The van der Waals surface area contributed by atoms with E-state index >= 15 is 0 Å². The van der Waals surface area contributed by atoms with Crippen LogP contribution in [0.15, 0.2) is 0 Å². The van der Waals surface area contributed by atoms with Gasteiger partial charge in [0.15, 0.2) is 0 Å². The van der Waals surface area contributed by atoms with E-state index in [1.807, 2.05) is 0 Å². The van der Waals surface area contributed by atoms with Crippen LogP contribution in [0.25, 0.3) is 0 Å². The molecule has 3 amide bonds. The van der Waals surface area contributed by atoms with Crippen molar-refractivity contribution < 1.29 is 39.3 Å². The molecule has 0 saturated carbocycles. The highest BCUT2D eigenvalue weighted by molar-refractivity contribution is 5.96. The fourth-order valence-corrected chi connectivity index (χ4v) is 3.13. The van der Waals surface area contributed by atoms with E-state index in [0.717, 1.165) is 4.90 Å². The molecule has 5 atom stereocenters. The van der Waals surface area contributed by atoms with Gasteiger partial charge in [0.25, 0.3) is 0 Å². The summed E-state index contributed by atoms with van der Waals surface area (Å²) in [5.74, 6) is -5.32. The Balaban J connectivity index is 2.99. The first kappa shape index (κ1) is 25.3. The molecule has 7 N–H and O–H groups in total. The van der Waals surface area contributed by atoms with Crippen LogP contribution in [0.4, 0.5) is 0 Å². The number of likely N-dealkylation sites (tertiary alicyclic amines) is 1. The Morgan fingerprint density at radius 1 is 1.10 bits per heavy atom. The zero-order valence-corrected chi connectivity index (χ0v) is 17.2. The van der Waals surface area contributed by atoms with Gasteiger partial charge in [-0.3, -0.25) is 19.2 Å². The van der Waals surface area contributed by atoms with Gasteiger partial charge in [-0.25, -0.2) is 4.79 Å². The lowest BCUT2D eigenvalue weighted by atomic mass is 10.0. The number of rotatable bonds is 10. The number of carboxylic acid groups (broad SMARTS) is 2. The van der Waals surface area contributed by atoms with E-state index in [-0.39, 0.29) is 13.0 Å². The number of aliphatic hydroxyl groups is 1. The van der Waals surface area contributed by atoms with Gasteiger partial charge in [0.2, 0.25) is 17.7 Å². The Bertz CT molecular complexity index is 681. The number of nitrogens with zero attached hydrogens (tertiary/aromatic N) is 1. The van der Waals surface area contributed by atoms with E-state index in [2.05, 4.69) is 10.6 Å². The average molecular weight is 430 g/mol. The first-order valence-electron chi connectivity index (χ1n) is 9.66. The van der Waals surface area contributed by atoms with Crippen molar-refractivity contribution in [1.82, 2.24) is 15.5 Å². The zero-order valence-electron chi connectivity index (χ0n) is 17.2. The topological polar surface area (TPSA) is 199 Å². The SMILES string of the molecule is CC(C)C(NC(=O)C1CCCN1C(=O)C(CC(=O)O)NC(=O)C(N)C(C)O)C(=O)O. The third-order valence-corrected chi connectivity index (χ3v) is 4.88. The molecule has 0 aromatic rings. The number of aliphatic carboxylic acids is 2. The summed E-state index contributed by atoms with van der Waals surface area (Å²) in [6, 6.07) is -4.99. The van der Waals surface area contributed by atoms with Crippen molar-refractivity contribution in [3.8, 4) is 0 Å². The maximum Gasteiger partial charge on any atom is 0.326 e. The number of nitrogens with two attached hydrogens (primary N) is 1. The number of hydrogen-bond acceptors (Lipinski definition) is 7. The van der Waals surface area contributed by atoms with Gasteiger partial charge in [-0.1, -0.05) is 13.8 Å². The first-order chi connectivity index (χ1) is 13.9. The van der Waals surface area contributed by atoms with Crippen molar-refractivity contribution in [2.45, 2.75) is 70.3 Å². The van der Waals surface area contributed by atoms with Crippen molar-refractivity contribution >= 4 is 29.7 Å². The van der Waals surface area contributed by atoms with Gasteiger partial charge in [0, 0.05) is 6.54 Å². The van der Waals surface area contributed by atoms with Crippen molar-refractivity contribution in [3.05, 3.63) is 0 Å². The molecule has 170 valence electrons. The lowest BCUT2D eigenvalue weighted by Crippen LogP contribution is -2.58. The second-order valence-electron chi connectivity index (χ2n) is 7.68. The van der Waals surface area contributed by atoms with E-state index in [9.17, 15) is 34.2 Å². The molecule has 1 aliphatic heterocycles. The molecule has 1 heterocycles. The quantitative estimate of drug-likeness (QED) is 0.224. The highest BCUT2D eigenvalue weighted by Gasteiger charge is 2.40. The molecule has 5 unspecified atom stereocenters. The van der Waals surface area contributed by atoms with E-state index in [4.69, 9.17) is 10.8 Å². The molecule has 0 bridgehead atoms. The normalized spacial score (nSPS) is 20.2. The van der Waals surface area contributed by atoms with E-state index in [0.29, 0.717) is 6.42 Å². The first-order valence-corrected chi connectivity index (χ1v) is 9.66. The predicted octanol–water partition coefficient (Wildman–Crippen LogP) is -2.13. The number of aliphatic hydroxyl groups excluding tert-OH is 1. The minimum atomic E-state index is -1.49. The van der Waals surface area contributed by atoms with Crippen LogP contribution in [0.1, 0.15) is 40.0 Å². The Morgan fingerprint density at radius 2 is 1.70 bits per heavy atom. The number of hydrogen-bond donors (Lipinski definition) is 6. The predicted molar refractivity (Wildman–Crippen MR) is 103 cm³/mol. The van der Waals surface area contributed by atoms with E-state index in [1.54, 1.807) is 13.8 Å². The largest absolute Gasteiger partial charge is 0.481 e. The number of carbonyl (C=O) groups is 5. The Hall–Kier alpha value is -2.73. The Labute approximate surface area is 173 Å². The average Bonchev–Trinajstić information content (AvgIpc) is 3.12. The van der Waals surface area contributed by atoms with Crippen LogP contribution < -0.4 is 16.4 Å². The molecule has 1 fully saturated rings. The minimum absolute atomic E-state index is 0.144. The molecule has 0 aromatic carbocycles. The van der Waals surface area contributed by atoms with Crippen molar-refractivity contribution in [2.24, 2.45) is 11.7 Å². The number of carboxylic acids is 2.